The van der Waals surface area contributed by atoms with E-state index in [9.17, 15) is 13.2 Å². The quantitative estimate of drug-likeness (QED) is 0.825. The molecule has 1 aliphatic heterocycles. The van der Waals surface area contributed by atoms with Crippen LogP contribution in [0.3, 0.4) is 0 Å². The summed E-state index contributed by atoms with van der Waals surface area (Å²) >= 11 is 1.34. The third kappa shape index (κ3) is 3.67. The number of carboxylic acid groups (broad SMARTS) is 1. The lowest BCUT2D eigenvalue weighted by molar-refractivity contribution is -0.136. The molecule has 0 radical (unpaired) electrons. The molecule has 1 fully saturated rings. The number of aliphatic carboxylic acids is 1. The fourth-order valence-corrected chi connectivity index (χ4v) is 4.47. The van der Waals surface area contributed by atoms with Crippen LogP contribution in [-0.4, -0.2) is 42.5 Å². The SMILES string of the molecule is O=C(O)Cc1csc(NCC2CCS(=O)(=O)C2)n1. The first-order valence-electron chi connectivity index (χ1n) is 5.55. The highest BCUT2D eigenvalue weighted by molar-refractivity contribution is 7.91. The number of nitrogens with one attached hydrogen (secondary N) is 1. The van der Waals surface area contributed by atoms with Gasteiger partial charge in [-0.15, -0.1) is 11.3 Å². The van der Waals surface area contributed by atoms with E-state index in [1.165, 1.54) is 11.3 Å². The molecule has 0 aromatic carbocycles. The highest BCUT2D eigenvalue weighted by atomic mass is 32.2. The van der Waals surface area contributed by atoms with Crippen LogP contribution in [0.1, 0.15) is 12.1 Å². The Morgan fingerprint density at radius 3 is 3.00 bits per heavy atom. The number of aromatic nitrogens is 1. The third-order valence-corrected chi connectivity index (χ3v) is 5.44. The van der Waals surface area contributed by atoms with Gasteiger partial charge in [0.15, 0.2) is 15.0 Å². The maximum atomic E-state index is 11.3. The van der Waals surface area contributed by atoms with Crippen molar-refractivity contribution in [2.24, 2.45) is 5.92 Å². The van der Waals surface area contributed by atoms with E-state index in [1.54, 1.807) is 5.38 Å². The molecule has 0 spiro atoms. The molecular weight excluding hydrogens is 276 g/mol. The molecule has 1 saturated heterocycles. The smallest absolute Gasteiger partial charge is 0.309 e. The van der Waals surface area contributed by atoms with Gasteiger partial charge in [-0.2, -0.15) is 0 Å². The van der Waals surface area contributed by atoms with E-state index in [0.29, 0.717) is 23.8 Å². The number of carboxylic acids is 1. The minimum atomic E-state index is -2.85. The predicted octanol–water partition coefficient (Wildman–Crippen LogP) is 0.617. The molecule has 1 aromatic heterocycles. The average molecular weight is 290 g/mol. The lowest BCUT2D eigenvalue weighted by atomic mass is 10.1. The standard InChI is InChI=1S/C10H14N2O4S2/c13-9(14)3-8-5-17-10(12-8)11-4-7-1-2-18(15,16)6-7/h5,7H,1-4,6H2,(H,11,12)(H,13,14). The Morgan fingerprint density at radius 2 is 2.39 bits per heavy atom. The topological polar surface area (TPSA) is 96.4 Å². The van der Waals surface area contributed by atoms with Crippen molar-refractivity contribution in [3.8, 4) is 0 Å². The first kappa shape index (κ1) is 13.3. The maximum Gasteiger partial charge on any atom is 0.309 e. The van der Waals surface area contributed by atoms with E-state index in [4.69, 9.17) is 5.11 Å². The van der Waals surface area contributed by atoms with Crippen molar-refractivity contribution in [3.63, 3.8) is 0 Å². The molecule has 2 rings (SSSR count). The molecule has 0 aliphatic carbocycles. The van der Waals surface area contributed by atoms with Crippen LogP contribution < -0.4 is 5.32 Å². The molecule has 0 saturated carbocycles. The number of thiazole rings is 1. The lowest BCUT2D eigenvalue weighted by Gasteiger charge is -2.07. The summed E-state index contributed by atoms with van der Waals surface area (Å²) in [7, 11) is -2.85. The van der Waals surface area contributed by atoms with Crippen molar-refractivity contribution in [3.05, 3.63) is 11.1 Å². The Kier molecular flexibility index (Phi) is 3.86. The molecule has 6 nitrogen and oxygen atoms in total. The minimum absolute atomic E-state index is 0.0873. The van der Waals surface area contributed by atoms with Gasteiger partial charge in [-0.25, -0.2) is 13.4 Å². The zero-order valence-corrected chi connectivity index (χ0v) is 11.3. The first-order valence-corrected chi connectivity index (χ1v) is 8.25. The Bertz CT molecular complexity index is 538. The average Bonchev–Trinajstić information content (AvgIpc) is 2.81. The molecule has 2 N–H and O–H groups in total. The van der Waals surface area contributed by atoms with Crippen LogP contribution in [0.5, 0.6) is 0 Å². The zero-order chi connectivity index (χ0) is 13.2. The van der Waals surface area contributed by atoms with Crippen molar-refractivity contribution in [1.29, 1.82) is 0 Å². The molecular formula is C10H14N2O4S2. The van der Waals surface area contributed by atoms with Gasteiger partial charge in [-0.3, -0.25) is 4.79 Å². The monoisotopic (exact) mass is 290 g/mol. The van der Waals surface area contributed by atoms with Gasteiger partial charge in [0, 0.05) is 11.9 Å². The van der Waals surface area contributed by atoms with Crippen LogP contribution in [0.2, 0.25) is 0 Å². The summed E-state index contributed by atoms with van der Waals surface area (Å²) in [5, 5.41) is 14.0. The van der Waals surface area contributed by atoms with Crippen molar-refractivity contribution in [1.82, 2.24) is 4.98 Å². The summed E-state index contributed by atoms with van der Waals surface area (Å²) in [5.74, 6) is -0.287. The summed E-state index contributed by atoms with van der Waals surface area (Å²) in [5.41, 5.74) is 0.522. The highest BCUT2D eigenvalue weighted by Gasteiger charge is 2.27. The zero-order valence-electron chi connectivity index (χ0n) is 9.63. The van der Waals surface area contributed by atoms with Gasteiger partial charge in [0.1, 0.15) is 0 Å². The second-order valence-electron chi connectivity index (χ2n) is 4.36. The van der Waals surface area contributed by atoms with Crippen LogP contribution in [0.25, 0.3) is 0 Å². The van der Waals surface area contributed by atoms with Crippen molar-refractivity contribution < 1.29 is 18.3 Å². The molecule has 1 unspecified atom stereocenters. The molecule has 0 bridgehead atoms. The largest absolute Gasteiger partial charge is 0.481 e. The van der Waals surface area contributed by atoms with Crippen molar-refractivity contribution in [2.75, 3.05) is 23.4 Å². The maximum absolute atomic E-state index is 11.3. The summed E-state index contributed by atoms with van der Waals surface area (Å²) in [6, 6.07) is 0. The van der Waals surface area contributed by atoms with E-state index in [2.05, 4.69) is 10.3 Å². The second kappa shape index (κ2) is 5.23. The molecule has 2 heterocycles. The van der Waals surface area contributed by atoms with Gasteiger partial charge in [-0.05, 0) is 12.3 Å². The summed E-state index contributed by atoms with van der Waals surface area (Å²) in [6.45, 7) is 0.569. The lowest BCUT2D eigenvalue weighted by Crippen LogP contribution is -2.15. The second-order valence-corrected chi connectivity index (χ2v) is 7.45. The molecule has 100 valence electrons. The van der Waals surface area contributed by atoms with Gasteiger partial charge in [0.05, 0.1) is 23.6 Å². The number of carbonyl (C=O) groups is 1. The Morgan fingerprint density at radius 1 is 1.61 bits per heavy atom. The minimum Gasteiger partial charge on any atom is -0.481 e. The Balaban J connectivity index is 1.84. The highest BCUT2D eigenvalue weighted by Crippen LogP contribution is 2.21. The number of anilines is 1. The third-order valence-electron chi connectivity index (χ3n) is 2.75. The van der Waals surface area contributed by atoms with E-state index in [1.807, 2.05) is 0 Å². The van der Waals surface area contributed by atoms with Gasteiger partial charge in [0.2, 0.25) is 0 Å². The number of hydrogen-bond donors (Lipinski definition) is 2. The normalized spacial score (nSPS) is 21.9. The molecule has 1 aromatic rings. The van der Waals surface area contributed by atoms with Gasteiger partial charge in [0.25, 0.3) is 0 Å². The fourth-order valence-electron chi connectivity index (χ4n) is 1.89. The molecule has 8 heteroatoms. The Hall–Kier alpha value is -1.15. The fraction of sp³-hybridized carbons (Fsp3) is 0.600. The van der Waals surface area contributed by atoms with Gasteiger partial charge < -0.3 is 10.4 Å². The Labute approximate surface area is 109 Å². The summed E-state index contributed by atoms with van der Waals surface area (Å²) in [6.07, 6.45) is 0.596. The van der Waals surface area contributed by atoms with Crippen LogP contribution in [0.4, 0.5) is 5.13 Å². The molecule has 1 aliphatic rings. The summed E-state index contributed by atoms with van der Waals surface area (Å²) < 4.78 is 22.5. The number of nitrogens with zero attached hydrogens (tertiary/aromatic N) is 1. The number of rotatable bonds is 5. The van der Waals surface area contributed by atoms with E-state index in [-0.39, 0.29) is 23.8 Å². The number of hydrogen-bond acceptors (Lipinski definition) is 6. The molecule has 18 heavy (non-hydrogen) atoms. The van der Waals surface area contributed by atoms with Gasteiger partial charge >= 0.3 is 5.97 Å². The molecule has 1 atom stereocenters. The van der Waals surface area contributed by atoms with Crippen molar-refractivity contribution in [2.45, 2.75) is 12.8 Å². The molecule has 0 amide bonds. The predicted molar refractivity (Wildman–Crippen MR) is 68.7 cm³/mol. The number of sulfone groups is 1. The van der Waals surface area contributed by atoms with Crippen LogP contribution in [0.15, 0.2) is 5.38 Å². The van der Waals surface area contributed by atoms with Crippen LogP contribution in [-0.2, 0) is 21.1 Å². The van der Waals surface area contributed by atoms with E-state index < -0.39 is 15.8 Å². The van der Waals surface area contributed by atoms with Crippen LogP contribution >= 0.6 is 11.3 Å². The summed E-state index contributed by atoms with van der Waals surface area (Å²) in [4.78, 5) is 14.6. The van der Waals surface area contributed by atoms with Gasteiger partial charge in [-0.1, -0.05) is 0 Å². The van der Waals surface area contributed by atoms with E-state index >= 15 is 0 Å². The van der Waals surface area contributed by atoms with E-state index in [0.717, 1.165) is 0 Å². The first-order chi connectivity index (χ1) is 8.44. The van der Waals surface area contributed by atoms with Crippen molar-refractivity contribution >= 4 is 32.3 Å². The van der Waals surface area contributed by atoms with Crippen LogP contribution in [0, 0.1) is 5.92 Å².